The average molecular weight is 1850 g/mol. The number of thiophene rings is 1. The lowest BCUT2D eigenvalue weighted by Crippen LogP contribution is -1.98. The van der Waals surface area contributed by atoms with Crippen molar-refractivity contribution in [3.8, 4) is 134 Å². The largest absolute Gasteiger partial charge is 0.455 e. The van der Waals surface area contributed by atoms with Gasteiger partial charge in [-0.3, -0.25) is 0 Å². The van der Waals surface area contributed by atoms with Crippen molar-refractivity contribution in [2.45, 2.75) is 0 Å². The minimum atomic E-state index is 0.905. The maximum absolute atomic E-state index is 6.54. The zero-order valence-electron chi connectivity index (χ0n) is 78.6. The van der Waals surface area contributed by atoms with E-state index in [0.717, 1.165) is 49.9 Å². The predicted octanol–water partition coefficient (Wildman–Crippen LogP) is 38.4. The maximum Gasteiger partial charge on any atom is 0.143 e. The second-order valence-electron chi connectivity index (χ2n) is 37.1. The number of aromatic nitrogens is 4. The third kappa shape index (κ3) is 14.7. The Morgan fingerprint density at radius 1 is 0.146 bits per heavy atom. The Balaban J connectivity index is 0.000000108. The van der Waals surface area contributed by atoms with Gasteiger partial charge < -0.3 is 22.7 Å². The average Bonchev–Trinajstić information content (AvgIpc) is 1.61. The highest BCUT2D eigenvalue weighted by Crippen LogP contribution is 2.49. The van der Waals surface area contributed by atoms with Crippen LogP contribution in [-0.4, -0.2) is 18.3 Å². The molecule has 0 radical (unpaired) electrons. The third-order valence-corrected chi connectivity index (χ3v) is 30.2. The van der Waals surface area contributed by atoms with E-state index >= 15 is 0 Å². The summed E-state index contributed by atoms with van der Waals surface area (Å²) in [7, 11) is 0. The van der Waals surface area contributed by atoms with E-state index in [4.69, 9.17) is 4.42 Å². The maximum atomic E-state index is 6.54. The van der Waals surface area contributed by atoms with Gasteiger partial charge in [-0.05, 0) is 192 Å². The highest BCUT2D eigenvalue weighted by atomic mass is 32.1. The van der Waals surface area contributed by atoms with Crippen LogP contribution in [0.2, 0.25) is 0 Å². The fourth-order valence-electron chi connectivity index (χ4n) is 22.4. The lowest BCUT2D eigenvalue weighted by atomic mass is 9.92. The molecule has 0 saturated carbocycles. The standard InChI is InChI=1S/C48H32N2.C48H31NO.C42H27NS/c1-3-14-33(15-4-1)36-30-31-41-40-19-8-11-23-44(40)50(47(41)32-36)43-22-10-7-18-38(43)34-26-28-35(29-27-34)39-21-13-25-46-48(39)42-20-9-12-24-45(42)49(46)37-16-5-2-6-17-37;1-2-15-32(16-3-1)34-17-4-5-18-35(34)33-29-30-40-39-22-9-12-27-45(39)49(46(40)31-33)44-26-11-8-21-38(44)36-19-6-7-20-37(36)42-24-14-25-43-41-23-10-13-28-47(41)50-48(42)43;1-2-10-28(11-3-1)32-22-24-35-34-13-5-8-16-39(34)43(40(35)27-32)38-15-7-4-12-33(38)30-20-18-29(19-21-30)31-23-25-42-37(26-31)36-14-6-9-17-41(36)44-42/h1-32H;1-31H;1-27H. The van der Waals surface area contributed by atoms with Crippen molar-refractivity contribution < 1.29 is 4.42 Å². The predicted molar refractivity (Wildman–Crippen MR) is 611 cm³/mol. The molecule has 6 heterocycles. The summed E-state index contributed by atoms with van der Waals surface area (Å²) in [5.74, 6) is 0. The molecule has 0 fully saturated rings. The van der Waals surface area contributed by atoms with Gasteiger partial charge in [0.1, 0.15) is 11.2 Å². The van der Waals surface area contributed by atoms with E-state index in [2.05, 4.69) is 558 Å². The molecule has 0 unspecified atom stereocenters. The number of hydrogen-bond acceptors (Lipinski definition) is 2. The van der Waals surface area contributed by atoms with Crippen molar-refractivity contribution in [2.24, 2.45) is 0 Å². The fourth-order valence-corrected chi connectivity index (χ4v) is 23.5. The second-order valence-corrected chi connectivity index (χ2v) is 38.2. The number of hydrogen-bond donors (Lipinski definition) is 0. The molecule has 6 heteroatoms. The lowest BCUT2D eigenvalue weighted by Gasteiger charge is -2.17. The molecule has 0 aliphatic carbocycles. The van der Waals surface area contributed by atoms with E-state index in [9.17, 15) is 0 Å². The minimum absolute atomic E-state index is 0.905. The van der Waals surface area contributed by atoms with Crippen LogP contribution in [0.25, 0.3) is 263 Å². The van der Waals surface area contributed by atoms with Gasteiger partial charge in [0.2, 0.25) is 0 Å². The van der Waals surface area contributed by atoms with E-state index in [0.29, 0.717) is 0 Å². The molecule has 0 bridgehead atoms. The monoisotopic (exact) mass is 1850 g/mol. The highest BCUT2D eigenvalue weighted by Gasteiger charge is 2.26. The zero-order valence-corrected chi connectivity index (χ0v) is 79.4. The topological polar surface area (TPSA) is 32.9 Å². The summed E-state index contributed by atoms with van der Waals surface area (Å²) < 4.78 is 18.9. The Hall–Kier alpha value is -18.7. The van der Waals surface area contributed by atoms with Crippen molar-refractivity contribution in [3.05, 3.63) is 546 Å². The summed E-state index contributed by atoms with van der Waals surface area (Å²) in [5, 5.41) is 15.0. The van der Waals surface area contributed by atoms with Crippen molar-refractivity contribution in [2.75, 3.05) is 0 Å². The first kappa shape index (κ1) is 84.6. The number of rotatable bonds is 14. The summed E-state index contributed by atoms with van der Waals surface area (Å²) in [4.78, 5) is 0. The molecule has 0 spiro atoms. The lowest BCUT2D eigenvalue weighted by molar-refractivity contribution is 0.670. The first-order chi connectivity index (χ1) is 71.5. The molecule has 0 N–H and O–H groups in total. The van der Waals surface area contributed by atoms with Crippen LogP contribution in [0.1, 0.15) is 0 Å². The number of benzene rings is 23. The van der Waals surface area contributed by atoms with E-state index in [-0.39, 0.29) is 0 Å². The number of fused-ring (bicyclic) bond motifs is 18. The number of para-hydroxylation sites is 10. The van der Waals surface area contributed by atoms with Crippen LogP contribution in [0.15, 0.2) is 550 Å². The van der Waals surface area contributed by atoms with E-state index in [1.165, 1.54) is 213 Å². The summed E-state index contributed by atoms with van der Waals surface area (Å²) >= 11 is 1.86. The quantitative estimate of drug-likeness (QED) is 0.107. The van der Waals surface area contributed by atoms with Gasteiger partial charge in [0.05, 0.1) is 61.2 Å². The first-order valence-corrected chi connectivity index (χ1v) is 50.1. The molecule has 674 valence electrons. The molecule has 29 aromatic rings. The summed E-state index contributed by atoms with van der Waals surface area (Å²) in [6.07, 6.45) is 0. The van der Waals surface area contributed by atoms with Gasteiger partial charge in [-0.25, -0.2) is 0 Å². The molecule has 0 aliphatic heterocycles. The fraction of sp³-hybridized carbons (Fsp3) is 0. The van der Waals surface area contributed by atoms with Gasteiger partial charge in [-0.15, -0.1) is 11.3 Å². The molecule has 5 nitrogen and oxygen atoms in total. The van der Waals surface area contributed by atoms with Gasteiger partial charge in [-0.1, -0.05) is 443 Å². The summed E-state index contributed by atoms with van der Waals surface area (Å²) in [5.41, 5.74) is 40.1. The highest BCUT2D eigenvalue weighted by molar-refractivity contribution is 7.25. The van der Waals surface area contributed by atoms with Crippen LogP contribution < -0.4 is 0 Å². The minimum Gasteiger partial charge on any atom is -0.455 e. The molecular weight excluding hydrogens is 1760 g/mol. The van der Waals surface area contributed by atoms with Gasteiger partial charge >= 0.3 is 0 Å². The Morgan fingerprint density at radius 3 is 1.01 bits per heavy atom. The normalized spacial score (nSPS) is 11.6. The Bertz CT molecular complexity index is 10000. The molecule has 0 aliphatic rings. The molecule has 6 aromatic heterocycles. The molecule has 144 heavy (non-hydrogen) atoms. The van der Waals surface area contributed by atoms with E-state index in [1.54, 1.807) is 0 Å². The van der Waals surface area contributed by atoms with Crippen LogP contribution in [0.3, 0.4) is 0 Å². The third-order valence-electron chi connectivity index (χ3n) is 29.0. The van der Waals surface area contributed by atoms with Crippen LogP contribution in [0.5, 0.6) is 0 Å². The van der Waals surface area contributed by atoms with Gasteiger partial charge in [-0.2, -0.15) is 0 Å². The molecule has 29 rings (SSSR count). The molecule has 0 saturated heterocycles. The molecule has 0 amide bonds. The summed E-state index contributed by atoms with van der Waals surface area (Å²) in [6.45, 7) is 0. The SMILES string of the molecule is c1ccc(-c2ccc3c4ccccc4n(-c4ccccc4-c4ccc(-c5ccc6sc7ccccc7c6c5)cc4)c3c2)cc1.c1ccc(-c2ccc3c4ccccc4n(-c4ccccc4-c4ccc(-c5cccc6c5c5ccccc5n6-c5ccccc5)cc4)c3c2)cc1.c1ccc(-c2ccccc2-c2ccc3c4ccccc4n(-c4ccccc4-c4ccccc4-c4cccc5c4oc4ccccc45)c3c2)cc1. The van der Waals surface area contributed by atoms with Crippen LogP contribution in [0.4, 0.5) is 0 Å². The second kappa shape index (κ2) is 35.9. The van der Waals surface area contributed by atoms with Crippen molar-refractivity contribution in [1.82, 2.24) is 18.3 Å². The van der Waals surface area contributed by atoms with E-state index in [1.807, 2.05) is 17.4 Å². The molecular formula is C138H90N4OS. The molecule has 23 aromatic carbocycles. The first-order valence-electron chi connectivity index (χ1n) is 49.3. The summed E-state index contributed by atoms with van der Waals surface area (Å²) in [6, 6.07) is 197. The Morgan fingerprint density at radius 2 is 0.458 bits per heavy atom. The van der Waals surface area contributed by atoms with Crippen LogP contribution >= 0.6 is 11.3 Å². The number of furan rings is 1. The van der Waals surface area contributed by atoms with Crippen molar-refractivity contribution >= 4 is 141 Å². The van der Waals surface area contributed by atoms with Gasteiger partial charge in [0.15, 0.2) is 0 Å². The van der Waals surface area contributed by atoms with Crippen molar-refractivity contribution in [1.29, 1.82) is 0 Å². The smallest absolute Gasteiger partial charge is 0.143 e. The Kier molecular flexibility index (Phi) is 21.1. The van der Waals surface area contributed by atoms with E-state index < -0.39 is 0 Å². The van der Waals surface area contributed by atoms with Crippen LogP contribution in [0, 0.1) is 0 Å². The molecule has 0 atom stereocenters. The van der Waals surface area contributed by atoms with Crippen molar-refractivity contribution in [3.63, 3.8) is 0 Å². The van der Waals surface area contributed by atoms with Gasteiger partial charge in [0.25, 0.3) is 0 Å². The Labute approximate surface area is 837 Å². The number of nitrogens with zero attached hydrogens (tertiary/aromatic N) is 4. The van der Waals surface area contributed by atoms with Gasteiger partial charge in [0, 0.05) is 102 Å². The van der Waals surface area contributed by atoms with Crippen LogP contribution in [-0.2, 0) is 0 Å². The zero-order chi connectivity index (χ0) is 95.1.